The van der Waals surface area contributed by atoms with Gasteiger partial charge in [0.1, 0.15) is 5.82 Å². The summed E-state index contributed by atoms with van der Waals surface area (Å²) in [4.78, 5) is 32.3. The molecule has 0 fully saturated rings. The number of aromatic nitrogens is 2. The summed E-state index contributed by atoms with van der Waals surface area (Å²) in [6, 6.07) is 13.6. The molecule has 0 spiro atoms. The monoisotopic (exact) mass is 362 g/mol. The summed E-state index contributed by atoms with van der Waals surface area (Å²) in [5.74, 6) is -0.244. The fourth-order valence-corrected chi connectivity index (χ4v) is 2.42. The molecule has 1 aromatic carbocycles. The highest BCUT2D eigenvalue weighted by Crippen LogP contribution is 2.17. The molecule has 7 nitrogen and oxygen atoms in total. The van der Waals surface area contributed by atoms with Gasteiger partial charge in [0.15, 0.2) is 0 Å². The molecule has 2 N–H and O–H groups in total. The van der Waals surface area contributed by atoms with Crippen molar-refractivity contribution in [2.24, 2.45) is 0 Å². The van der Waals surface area contributed by atoms with E-state index < -0.39 is 5.97 Å². The number of amides is 1. The molecule has 2 aromatic heterocycles. The molecule has 7 heteroatoms. The Morgan fingerprint density at radius 2 is 1.74 bits per heavy atom. The zero-order valence-electron chi connectivity index (χ0n) is 14.7. The molecule has 27 heavy (non-hydrogen) atoms. The lowest BCUT2D eigenvalue weighted by molar-refractivity contribution is 0.0600. The van der Waals surface area contributed by atoms with E-state index in [-0.39, 0.29) is 5.91 Å². The summed E-state index contributed by atoms with van der Waals surface area (Å²) in [7, 11) is 1.32. The van der Waals surface area contributed by atoms with Crippen LogP contribution in [-0.4, -0.2) is 29.0 Å². The molecule has 0 aliphatic rings. The topological polar surface area (TPSA) is 93.2 Å². The van der Waals surface area contributed by atoms with Crippen LogP contribution in [0, 0.1) is 0 Å². The molecule has 0 aliphatic heterocycles. The van der Waals surface area contributed by atoms with Gasteiger partial charge in [-0.2, -0.15) is 0 Å². The van der Waals surface area contributed by atoms with Crippen molar-refractivity contribution in [2.45, 2.75) is 6.54 Å². The largest absolute Gasteiger partial charge is 0.465 e. The number of nitrogens with one attached hydrogen (secondary N) is 2. The average Bonchev–Trinajstić information content (AvgIpc) is 2.73. The first-order chi connectivity index (χ1) is 13.2. The van der Waals surface area contributed by atoms with Crippen molar-refractivity contribution < 1.29 is 14.3 Å². The highest BCUT2D eigenvalue weighted by Gasteiger charge is 2.13. The lowest BCUT2D eigenvalue weighted by Crippen LogP contribution is -2.16. The van der Waals surface area contributed by atoms with Crippen molar-refractivity contribution in [2.75, 3.05) is 17.7 Å². The molecule has 2 heterocycles. The van der Waals surface area contributed by atoms with Crippen LogP contribution < -0.4 is 10.6 Å². The summed E-state index contributed by atoms with van der Waals surface area (Å²) in [6.07, 6.45) is 5.04. The van der Waals surface area contributed by atoms with Gasteiger partial charge in [-0.3, -0.25) is 9.78 Å². The first kappa shape index (κ1) is 18.1. The zero-order valence-corrected chi connectivity index (χ0v) is 14.7. The summed E-state index contributed by atoms with van der Waals surface area (Å²) in [6.45, 7) is 0.521. The summed E-state index contributed by atoms with van der Waals surface area (Å²) in [5, 5.41) is 5.97. The maximum absolute atomic E-state index is 12.6. The second-order valence-corrected chi connectivity index (χ2v) is 5.63. The van der Waals surface area contributed by atoms with Crippen LogP contribution in [0.5, 0.6) is 0 Å². The number of nitrogens with zero attached hydrogens (tertiary/aromatic N) is 2. The molecular formula is C20H18N4O3. The lowest BCUT2D eigenvalue weighted by Gasteiger charge is -2.11. The summed E-state index contributed by atoms with van der Waals surface area (Å²) in [5.41, 5.74) is 2.43. The molecule has 3 aromatic rings. The number of hydrogen-bond acceptors (Lipinski definition) is 6. The van der Waals surface area contributed by atoms with Crippen molar-refractivity contribution >= 4 is 23.4 Å². The molecule has 3 rings (SSSR count). The minimum atomic E-state index is -0.428. The van der Waals surface area contributed by atoms with Crippen LogP contribution in [0.15, 0.2) is 67.1 Å². The van der Waals surface area contributed by atoms with Gasteiger partial charge in [0.2, 0.25) is 0 Å². The number of rotatable bonds is 6. The van der Waals surface area contributed by atoms with Crippen molar-refractivity contribution in [3.05, 3.63) is 83.8 Å². The van der Waals surface area contributed by atoms with Crippen molar-refractivity contribution in [1.82, 2.24) is 9.97 Å². The SMILES string of the molecule is COC(=O)c1ccc(NC(=O)c2cccnc2NCc2ccncc2)cc1. The van der Waals surface area contributed by atoms with E-state index in [1.807, 2.05) is 12.1 Å². The van der Waals surface area contributed by atoms with Gasteiger partial charge < -0.3 is 15.4 Å². The van der Waals surface area contributed by atoms with E-state index in [0.29, 0.717) is 29.2 Å². The van der Waals surface area contributed by atoms with Crippen molar-refractivity contribution in [3.63, 3.8) is 0 Å². The maximum atomic E-state index is 12.6. The third-order valence-electron chi connectivity index (χ3n) is 3.83. The highest BCUT2D eigenvalue weighted by molar-refractivity contribution is 6.07. The first-order valence-corrected chi connectivity index (χ1v) is 8.25. The number of benzene rings is 1. The first-order valence-electron chi connectivity index (χ1n) is 8.25. The second-order valence-electron chi connectivity index (χ2n) is 5.63. The minimum absolute atomic E-state index is 0.300. The van der Waals surface area contributed by atoms with Gasteiger partial charge in [0, 0.05) is 30.8 Å². The number of hydrogen-bond donors (Lipinski definition) is 2. The molecule has 136 valence electrons. The fourth-order valence-electron chi connectivity index (χ4n) is 2.42. The number of methoxy groups -OCH3 is 1. The number of anilines is 2. The van der Waals surface area contributed by atoms with Gasteiger partial charge in [0.25, 0.3) is 5.91 Å². The smallest absolute Gasteiger partial charge is 0.337 e. The number of pyridine rings is 2. The Bertz CT molecular complexity index is 927. The predicted molar refractivity (Wildman–Crippen MR) is 102 cm³/mol. The van der Waals surface area contributed by atoms with Gasteiger partial charge in [-0.05, 0) is 54.1 Å². The quantitative estimate of drug-likeness (QED) is 0.655. The van der Waals surface area contributed by atoms with Crippen LogP contribution >= 0.6 is 0 Å². The Morgan fingerprint density at radius 1 is 1.00 bits per heavy atom. The second kappa shape index (κ2) is 8.57. The third kappa shape index (κ3) is 4.66. The molecule has 0 atom stereocenters. The Kier molecular flexibility index (Phi) is 5.73. The Labute approximate surface area is 156 Å². The third-order valence-corrected chi connectivity index (χ3v) is 3.83. The minimum Gasteiger partial charge on any atom is -0.465 e. The number of esters is 1. The lowest BCUT2D eigenvalue weighted by atomic mass is 10.2. The van der Waals surface area contributed by atoms with Crippen molar-refractivity contribution in [1.29, 1.82) is 0 Å². The Balaban J connectivity index is 1.70. The van der Waals surface area contributed by atoms with E-state index in [1.54, 1.807) is 55.0 Å². The number of ether oxygens (including phenoxy) is 1. The molecule has 0 saturated carbocycles. The van der Waals surface area contributed by atoms with Crippen molar-refractivity contribution in [3.8, 4) is 0 Å². The Morgan fingerprint density at radius 3 is 2.44 bits per heavy atom. The van der Waals surface area contributed by atoms with E-state index in [1.165, 1.54) is 7.11 Å². The van der Waals surface area contributed by atoms with E-state index in [9.17, 15) is 9.59 Å². The van der Waals surface area contributed by atoms with Crippen LogP contribution in [0.25, 0.3) is 0 Å². The molecule has 0 radical (unpaired) electrons. The molecular weight excluding hydrogens is 344 g/mol. The highest BCUT2D eigenvalue weighted by atomic mass is 16.5. The van der Waals surface area contributed by atoms with E-state index >= 15 is 0 Å². The predicted octanol–water partition coefficient (Wildman–Crippen LogP) is 3.13. The number of carbonyl (C=O) groups excluding carboxylic acids is 2. The zero-order chi connectivity index (χ0) is 19.1. The summed E-state index contributed by atoms with van der Waals surface area (Å²) >= 11 is 0. The standard InChI is InChI=1S/C20H18N4O3/c1-27-20(26)15-4-6-16(7-5-15)24-19(25)17-3-2-10-22-18(17)23-13-14-8-11-21-12-9-14/h2-12H,13H2,1H3,(H,22,23)(H,24,25). The average molecular weight is 362 g/mol. The molecule has 0 saturated heterocycles. The van der Waals surface area contributed by atoms with E-state index in [4.69, 9.17) is 0 Å². The van der Waals surface area contributed by atoms with Gasteiger partial charge in [-0.25, -0.2) is 9.78 Å². The molecule has 0 aliphatic carbocycles. The Hall–Kier alpha value is -3.74. The van der Waals surface area contributed by atoms with Gasteiger partial charge in [-0.1, -0.05) is 0 Å². The summed E-state index contributed by atoms with van der Waals surface area (Å²) < 4.78 is 4.66. The fraction of sp³-hybridized carbons (Fsp3) is 0.100. The van der Waals surface area contributed by atoms with Crippen LogP contribution in [0.4, 0.5) is 11.5 Å². The van der Waals surface area contributed by atoms with Gasteiger partial charge in [-0.15, -0.1) is 0 Å². The van der Waals surface area contributed by atoms with E-state index in [2.05, 4.69) is 25.3 Å². The van der Waals surface area contributed by atoms with Crippen LogP contribution in [0.3, 0.4) is 0 Å². The molecule has 0 bridgehead atoms. The molecule has 0 unspecified atom stereocenters. The van der Waals surface area contributed by atoms with E-state index in [0.717, 1.165) is 5.56 Å². The normalized spacial score (nSPS) is 10.1. The van der Waals surface area contributed by atoms with Gasteiger partial charge in [0.05, 0.1) is 18.2 Å². The molecule has 1 amide bonds. The van der Waals surface area contributed by atoms with Gasteiger partial charge >= 0.3 is 5.97 Å². The van der Waals surface area contributed by atoms with Crippen LogP contribution in [-0.2, 0) is 11.3 Å². The maximum Gasteiger partial charge on any atom is 0.337 e. The van der Waals surface area contributed by atoms with Crippen LogP contribution in [0.1, 0.15) is 26.3 Å². The number of carbonyl (C=O) groups is 2. The van der Waals surface area contributed by atoms with Crippen LogP contribution in [0.2, 0.25) is 0 Å².